The molecule has 11 aromatic rings. The van der Waals surface area contributed by atoms with Gasteiger partial charge < -0.3 is 0 Å². The molecule has 0 aliphatic heterocycles. The van der Waals surface area contributed by atoms with E-state index in [2.05, 4.69) is 206 Å². The predicted molar refractivity (Wildman–Crippen MR) is 233 cm³/mol. The van der Waals surface area contributed by atoms with Gasteiger partial charge in [0.05, 0.1) is 5.41 Å². The molecule has 0 heterocycles. The van der Waals surface area contributed by atoms with Crippen molar-refractivity contribution in [3.05, 3.63) is 229 Å². The second-order valence-electron chi connectivity index (χ2n) is 15.1. The SMILES string of the molecule is c1ccc(C2(c3ccccc3)c3cc(-c4cccc5ccccc45)ccc3-c3c2cc2ccc4c(-c5cccc6ccccc56)ccc5ccc3c2c54)cc1. The molecule has 0 radical (unpaired) electrons. The molecule has 0 fully saturated rings. The molecule has 0 nitrogen and oxygen atoms in total. The minimum Gasteiger partial charge on any atom is -0.0622 e. The maximum Gasteiger partial charge on any atom is 0.0714 e. The fourth-order valence-electron chi connectivity index (χ4n) is 10.2. The van der Waals surface area contributed by atoms with E-state index in [0.717, 1.165) is 0 Å². The molecule has 0 bridgehead atoms. The molecular formula is C55H34. The van der Waals surface area contributed by atoms with E-state index in [4.69, 9.17) is 0 Å². The summed E-state index contributed by atoms with van der Waals surface area (Å²) in [4.78, 5) is 0. The van der Waals surface area contributed by atoms with Gasteiger partial charge in [-0.05, 0) is 122 Å². The molecule has 11 aromatic carbocycles. The van der Waals surface area contributed by atoms with E-state index in [-0.39, 0.29) is 0 Å². The number of benzene rings is 11. The summed E-state index contributed by atoms with van der Waals surface area (Å²) in [7, 11) is 0. The Balaban J connectivity index is 1.21. The minimum absolute atomic E-state index is 0.521. The molecule has 0 amide bonds. The molecule has 55 heavy (non-hydrogen) atoms. The third-order valence-electron chi connectivity index (χ3n) is 12.5. The largest absolute Gasteiger partial charge is 0.0714 e. The topological polar surface area (TPSA) is 0 Å². The summed E-state index contributed by atoms with van der Waals surface area (Å²) in [6.07, 6.45) is 0. The van der Waals surface area contributed by atoms with Crippen LogP contribution in [-0.4, -0.2) is 0 Å². The van der Waals surface area contributed by atoms with E-state index in [1.54, 1.807) is 0 Å². The molecule has 12 rings (SSSR count). The van der Waals surface area contributed by atoms with Crippen LogP contribution in [0.3, 0.4) is 0 Å². The molecule has 0 saturated carbocycles. The highest BCUT2D eigenvalue weighted by Gasteiger charge is 2.47. The molecule has 1 aliphatic carbocycles. The van der Waals surface area contributed by atoms with E-state index >= 15 is 0 Å². The van der Waals surface area contributed by atoms with Gasteiger partial charge in [-0.2, -0.15) is 0 Å². The van der Waals surface area contributed by atoms with Gasteiger partial charge in [-0.25, -0.2) is 0 Å². The Labute approximate surface area is 319 Å². The molecule has 0 atom stereocenters. The summed E-state index contributed by atoms with van der Waals surface area (Å²) in [5.74, 6) is 0. The van der Waals surface area contributed by atoms with Crippen LogP contribution in [0.2, 0.25) is 0 Å². The quantitative estimate of drug-likeness (QED) is 0.161. The van der Waals surface area contributed by atoms with Crippen LogP contribution in [0.4, 0.5) is 0 Å². The van der Waals surface area contributed by atoms with Gasteiger partial charge in [0.15, 0.2) is 0 Å². The Morgan fingerprint density at radius 3 is 1.53 bits per heavy atom. The standard InChI is InChI=1S/C55H34/c1-3-17-40(18-4-1)55(41-19-5-2-6-20-41)50-33-38(44-23-11-15-35-13-7-9-21-42(35)44)27-31-48(50)54-49-32-26-37-25-29-46(45-24-12-16-36-14-8-10-22-43(36)45)47-30-28-39(34-51(54)55)53(49)52(37)47/h1-34H. The van der Waals surface area contributed by atoms with Crippen LogP contribution < -0.4 is 0 Å². The monoisotopic (exact) mass is 694 g/mol. The van der Waals surface area contributed by atoms with Crippen LogP contribution in [-0.2, 0) is 5.41 Å². The Morgan fingerprint density at radius 1 is 0.273 bits per heavy atom. The zero-order valence-corrected chi connectivity index (χ0v) is 30.1. The van der Waals surface area contributed by atoms with Crippen LogP contribution in [0.1, 0.15) is 22.3 Å². The lowest BCUT2D eigenvalue weighted by Crippen LogP contribution is -2.28. The van der Waals surface area contributed by atoms with Gasteiger partial charge in [0.1, 0.15) is 0 Å². The smallest absolute Gasteiger partial charge is 0.0622 e. The fourth-order valence-corrected chi connectivity index (χ4v) is 10.2. The lowest BCUT2D eigenvalue weighted by molar-refractivity contribution is 0.770. The van der Waals surface area contributed by atoms with Crippen molar-refractivity contribution in [2.24, 2.45) is 0 Å². The van der Waals surface area contributed by atoms with Gasteiger partial charge in [-0.3, -0.25) is 0 Å². The van der Waals surface area contributed by atoms with E-state index in [1.807, 2.05) is 0 Å². The van der Waals surface area contributed by atoms with Crippen molar-refractivity contribution in [1.82, 2.24) is 0 Å². The van der Waals surface area contributed by atoms with Gasteiger partial charge in [-0.15, -0.1) is 0 Å². The minimum atomic E-state index is -0.521. The number of hydrogen-bond donors (Lipinski definition) is 0. The van der Waals surface area contributed by atoms with Gasteiger partial charge in [0.2, 0.25) is 0 Å². The molecule has 0 aromatic heterocycles. The Hall–Kier alpha value is -7.02. The predicted octanol–water partition coefficient (Wildman–Crippen LogP) is 14.6. The first-order chi connectivity index (χ1) is 27.3. The molecule has 254 valence electrons. The van der Waals surface area contributed by atoms with Gasteiger partial charge in [0.25, 0.3) is 0 Å². The summed E-state index contributed by atoms with van der Waals surface area (Å²) in [6.45, 7) is 0. The van der Waals surface area contributed by atoms with Crippen LogP contribution in [0, 0.1) is 0 Å². The van der Waals surface area contributed by atoms with Gasteiger partial charge >= 0.3 is 0 Å². The first-order valence-electron chi connectivity index (χ1n) is 19.3. The normalized spacial score (nSPS) is 13.2. The third-order valence-corrected chi connectivity index (χ3v) is 12.5. The number of fused-ring (bicyclic) bond motifs is 6. The average Bonchev–Trinajstić information content (AvgIpc) is 3.55. The summed E-state index contributed by atoms with van der Waals surface area (Å²) in [6, 6.07) is 77.2. The average molecular weight is 695 g/mol. The summed E-state index contributed by atoms with van der Waals surface area (Å²) in [5.41, 5.74) is 12.4. The van der Waals surface area contributed by atoms with E-state index in [0.29, 0.717) is 0 Å². The molecule has 0 heteroatoms. The summed E-state index contributed by atoms with van der Waals surface area (Å²) < 4.78 is 0. The molecular weight excluding hydrogens is 661 g/mol. The number of rotatable bonds is 4. The van der Waals surface area contributed by atoms with Crippen molar-refractivity contribution in [2.45, 2.75) is 5.41 Å². The summed E-state index contributed by atoms with van der Waals surface area (Å²) in [5, 5.41) is 12.9. The number of hydrogen-bond acceptors (Lipinski definition) is 0. The van der Waals surface area contributed by atoms with Crippen molar-refractivity contribution in [3.63, 3.8) is 0 Å². The highest BCUT2D eigenvalue weighted by atomic mass is 14.5. The second-order valence-corrected chi connectivity index (χ2v) is 15.1. The first-order valence-corrected chi connectivity index (χ1v) is 19.3. The van der Waals surface area contributed by atoms with Crippen LogP contribution in [0.15, 0.2) is 206 Å². The van der Waals surface area contributed by atoms with Crippen molar-refractivity contribution in [2.75, 3.05) is 0 Å². The third kappa shape index (κ3) is 4.17. The molecule has 0 unspecified atom stereocenters. The highest BCUT2D eigenvalue weighted by Crippen LogP contribution is 2.60. The second kappa shape index (κ2) is 11.5. The van der Waals surface area contributed by atoms with E-state index in [9.17, 15) is 0 Å². The Bertz CT molecular complexity index is 3250. The lowest BCUT2D eigenvalue weighted by Gasteiger charge is -2.34. The van der Waals surface area contributed by atoms with E-state index < -0.39 is 5.41 Å². The van der Waals surface area contributed by atoms with Crippen LogP contribution >= 0.6 is 0 Å². The highest BCUT2D eigenvalue weighted by molar-refractivity contribution is 6.29. The van der Waals surface area contributed by atoms with Crippen molar-refractivity contribution in [3.8, 4) is 33.4 Å². The first kappa shape index (κ1) is 30.4. The zero-order valence-electron chi connectivity index (χ0n) is 30.1. The van der Waals surface area contributed by atoms with Gasteiger partial charge in [0, 0.05) is 0 Å². The zero-order chi connectivity index (χ0) is 36.1. The van der Waals surface area contributed by atoms with Crippen LogP contribution in [0.5, 0.6) is 0 Å². The van der Waals surface area contributed by atoms with Gasteiger partial charge in [-0.1, -0.05) is 194 Å². The molecule has 0 spiro atoms. The lowest BCUT2D eigenvalue weighted by atomic mass is 9.67. The Morgan fingerprint density at radius 2 is 0.800 bits per heavy atom. The van der Waals surface area contributed by atoms with Crippen molar-refractivity contribution >= 4 is 53.9 Å². The fraction of sp³-hybridized carbons (Fsp3) is 0.0182. The van der Waals surface area contributed by atoms with Crippen molar-refractivity contribution < 1.29 is 0 Å². The molecule has 0 N–H and O–H groups in total. The van der Waals surface area contributed by atoms with E-state index in [1.165, 1.54) is 109 Å². The molecule has 1 aliphatic rings. The Kier molecular flexibility index (Phi) is 6.36. The summed E-state index contributed by atoms with van der Waals surface area (Å²) >= 11 is 0. The van der Waals surface area contributed by atoms with Crippen molar-refractivity contribution in [1.29, 1.82) is 0 Å². The maximum absolute atomic E-state index is 2.53. The van der Waals surface area contributed by atoms with Crippen LogP contribution in [0.25, 0.3) is 87.2 Å². The molecule has 0 saturated heterocycles. The maximum atomic E-state index is 2.53.